The van der Waals surface area contributed by atoms with Crippen molar-refractivity contribution in [3.63, 3.8) is 0 Å². The fraction of sp³-hybridized carbons (Fsp3) is 0.643. The van der Waals surface area contributed by atoms with E-state index in [2.05, 4.69) is 46.8 Å². The first-order chi connectivity index (χ1) is 6.56. The van der Waals surface area contributed by atoms with Gasteiger partial charge in [-0.3, -0.25) is 0 Å². The molecule has 0 N–H and O–H groups in total. The van der Waals surface area contributed by atoms with E-state index in [9.17, 15) is 0 Å². The molecule has 0 aromatic heterocycles. The molecule has 14 heavy (non-hydrogen) atoms. The number of rotatable bonds is 7. The first-order valence-corrected chi connectivity index (χ1v) is 5.70. The zero-order valence-corrected chi connectivity index (χ0v) is 10.3. The average molecular weight is 193 g/mol. The summed E-state index contributed by atoms with van der Waals surface area (Å²) in [7, 11) is 0. The lowest BCUT2D eigenvalue weighted by atomic mass is 10.0. The molecule has 0 aliphatic heterocycles. The maximum Gasteiger partial charge on any atom is -0.0322 e. The Kier molecular flexibility index (Phi) is 7.37. The van der Waals surface area contributed by atoms with Crippen LogP contribution in [0, 0.1) is 12.3 Å². The molecule has 0 saturated heterocycles. The van der Waals surface area contributed by atoms with Crippen molar-refractivity contribution in [1.82, 2.24) is 0 Å². The molecule has 0 amide bonds. The molecule has 0 bridgehead atoms. The van der Waals surface area contributed by atoms with E-state index in [1.54, 1.807) is 0 Å². The van der Waals surface area contributed by atoms with E-state index in [1.807, 2.05) is 0 Å². The van der Waals surface area contributed by atoms with Gasteiger partial charge < -0.3 is 0 Å². The van der Waals surface area contributed by atoms with Gasteiger partial charge in [0.05, 0.1) is 0 Å². The minimum atomic E-state index is 0.829. The second-order valence-electron chi connectivity index (χ2n) is 4.39. The molecule has 1 unspecified atom stereocenters. The van der Waals surface area contributed by atoms with Gasteiger partial charge in [0, 0.05) is 0 Å². The molecule has 0 aliphatic carbocycles. The summed E-state index contributed by atoms with van der Waals surface area (Å²) in [6.45, 7) is 12.7. The van der Waals surface area contributed by atoms with Crippen molar-refractivity contribution in [2.45, 2.75) is 53.4 Å². The summed E-state index contributed by atoms with van der Waals surface area (Å²) in [5.41, 5.74) is 2.70. The predicted octanol–water partition coefficient (Wildman–Crippen LogP) is 4.93. The third-order valence-electron chi connectivity index (χ3n) is 2.60. The van der Waals surface area contributed by atoms with Crippen molar-refractivity contribution in [2.75, 3.05) is 0 Å². The fourth-order valence-corrected chi connectivity index (χ4v) is 1.22. The van der Waals surface area contributed by atoms with Crippen molar-refractivity contribution >= 4 is 0 Å². The third kappa shape index (κ3) is 7.97. The molecule has 0 aromatic carbocycles. The summed E-state index contributed by atoms with van der Waals surface area (Å²) in [6.07, 6.45) is 9.43. The fourth-order valence-electron chi connectivity index (χ4n) is 1.22. The molecule has 0 fully saturated rings. The van der Waals surface area contributed by atoms with Crippen LogP contribution in [0.5, 0.6) is 0 Å². The Morgan fingerprint density at radius 1 is 1.43 bits per heavy atom. The normalized spacial score (nSPS) is 13.9. The van der Waals surface area contributed by atoms with E-state index in [-0.39, 0.29) is 0 Å². The zero-order chi connectivity index (χ0) is 11.0. The summed E-state index contributed by atoms with van der Waals surface area (Å²) in [4.78, 5) is 0. The quantitative estimate of drug-likeness (QED) is 0.397. The minimum Gasteiger partial charge on any atom is -0.242 e. The Hall–Kier alpha value is -0.650. The van der Waals surface area contributed by atoms with Crippen molar-refractivity contribution in [3.8, 4) is 0 Å². The van der Waals surface area contributed by atoms with Crippen molar-refractivity contribution in [3.05, 3.63) is 30.2 Å². The Balaban J connectivity index is 3.61. The van der Waals surface area contributed by atoms with Crippen LogP contribution in [0.4, 0.5) is 0 Å². The summed E-state index contributed by atoms with van der Waals surface area (Å²) in [6, 6.07) is 0. The minimum absolute atomic E-state index is 0.829. The highest BCUT2D eigenvalue weighted by molar-refractivity contribution is 5.07. The lowest BCUT2D eigenvalue weighted by Gasteiger charge is -2.09. The highest BCUT2D eigenvalue weighted by atomic mass is 14.0. The molecule has 0 aliphatic rings. The highest BCUT2D eigenvalue weighted by Crippen LogP contribution is 2.13. The molecular weight excluding hydrogens is 168 g/mol. The second-order valence-corrected chi connectivity index (χ2v) is 4.39. The first kappa shape index (κ1) is 13.4. The van der Waals surface area contributed by atoms with Crippen molar-refractivity contribution < 1.29 is 0 Å². The summed E-state index contributed by atoms with van der Waals surface area (Å²) in [5.74, 6) is 0.829. The van der Waals surface area contributed by atoms with Crippen LogP contribution in [0.3, 0.4) is 0 Å². The molecular formula is C14H25-. The largest absolute Gasteiger partial charge is 0.242 e. The summed E-state index contributed by atoms with van der Waals surface area (Å²) < 4.78 is 0. The maximum atomic E-state index is 3.86. The van der Waals surface area contributed by atoms with Crippen LogP contribution in [0.1, 0.15) is 53.4 Å². The average Bonchev–Trinajstić information content (AvgIpc) is 2.13. The molecule has 0 heteroatoms. The van der Waals surface area contributed by atoms with E-state index in [0.717, 1.165) is 12.3 Å². The standard InChI is InChI=1S/C14H25/c1-6-13(4)10-11-14(5)9-7-8-12(2)3/h8,11,13H,2,6-7,9-10H2,1,3-5H3/q-1/b14-11+. The SMILES string of the molecule is C=C(C)[CH-]CC/C(C)=C/CC(C)CC. The van der Waals surface area contributed by atoms with Gasteiger partial charge in [0.15, 0.2) is 0 Å². The summed E-state index contributed by atoms with van der Waals surface area (Å²) >= 11 is 0. The molecule has 0 aromatic rings. The van der Waals surface area contributed by atoms with Gasteiger partial charge in [0.1, 0.15) is 0 Å². The van der Waals surface area contributed by atoms with Crippen LogP contribution in [0.15, 0.2) is 23.8 Å². The Bertz CT molecular complexity index is 186. The molecule has 1 atom stereocenters. The lowest BCUT2D eigenvalue weighted by Crippen LogP contribution is -1.90. The highest BCUT2D eigenvalue weighted by Gasteiger charge is 1.95. The van der Waals surface area contributed by atoms with Crippen LogP contribution >= 0.6 is 0 Å². The van der Waals surface area contributed by atoms with Gasteiger partial charge in [0.2, 0.25) is 0 Å². The molecule has 0 radical (unpaired) electrons. The second kappa shape index (κ2) is 7.73. The first-order valence-electron chi connectivity index (χ1n) is 5.70. The Morgan fingerprint density at radius 3 is 2.57 bits per heavy atom. The van der Waals surface area contributed by atoms with E-state index in [4.69, 9.17) is 0 Å². The van der Waals surface area contributed by atoms with E-state index in [1.165, 1.54) is 30.4 Å². The topological polar surface area (TPSA) is 0 Å². The van der Waals surface area contributed by atoms with E-state index >= 15 is 0 Å². The Labute approximate surface area is 90.1 Å². The lowest BCUT2D eigenvalue weighted by molar-refractivity contribution is 0.569. The van der Waals surface area contributed by atoms with Crippen LogP contribution < -0.4 is 0 Å². The van der Waals surface area contributed by atoms with Gasteiger partial charge in [-0.1, -0.05) is 45.3 Å². The van der Waals surface area contributed by atoms with Gasteiger partial charge in [-0.05, 0) is 25.7 Å². The van der Waals surface area contributed by atoms with Gasteiger partial charge in [-0.2, -0.15) is 0 Å². The van der Waals surface area contributed by atoms with E-state index in [0.29, 0.717) is 0 Å². The smallest absolute Gasteiger partial charge is 0.0322 e. The molecule has 0 nitrogen and oxygen atoms in total. The maximum absolute atomic E-state index is 3.86. The summed E-state index contributed by atoms with van der Waals surface area (Å²) in [5, 5.41) is 0. The van der Waals surface area contributed by atoms with Crippen molar-refractivity contribution in [1.29, 1.82) is 0 Å². The number of hydrogen-bond donors (Lipinski definition) is 0. The molecule has 82 valence electrons. The van der Waals surface area contributed by atoms with E-state index < -0.39 is 0 Å². The van der Waals surface area contributed by atoms with Gasteiger partial charge in [0.25, 0.3) is 0 Å². The van der Waals surface area contributed by atoms with Crippen LogP contribution in [0.25, 0.3) is 0 Å². The van der Waals surface area contributed by atoms with Crippen LogP contribution in [-0.2, 0) is 0 Å². The molecule has 0 saturated carbocycles. The van der Waals surface area contributed by atoms with Gasteiger partial charge in [-0.15, -0.1) is 0 Å². The van der Waals surface area contributed by atoms with Gasteiger partial charge >= 0.3 is 0 Å². The third-order valence-corrected chi connectivity index (χ3v) is 2.60. The molecule has 0 heterocycles. The van der Waals surface area contributed by atoms with Gasteiger partial charge in [-0.25, -0.2) is 18.6 Å². The molecule has 0 rings (SSSR count). The monoisotopic (exact) mass is 193 g/mol. The number of hydrogen-bond acceptors (Lipinski definition) is 0. The molecule has 0 spiro atoms. The Morgan fingerprint density at radius 2 is 2.07 bits per heavy atom. The van der Waals surface area contributed by atoms with Crippen LogP contribution in [0.2, 0.25) is 0 Å². The van der Waals surface area contributed by atoms with Crippen molar-refractivity contribution in [2.24, 2.45) is 5.92 Å². The van der Waals surface area contributed by atoms with Crippen LogP contribution in [-0.4, -0.2) is 0 Å². The number of allylic oxidation sites excluding steroid dienone is 3. The predicted molar refractivity (Wildman–Crippen MR) is 66.2 cm³/mol. The zero-order valence-electron chi connectivity index (χ0n) is 10.3.